The Morgan fingerprint density at radius 2 is 2.05 bits per heavy atom. The number of carbonyl (C=O) groups excluding carboxylic acids is 1. The van der Waals surface area contributed by atoms with E-state index in [9.17, 15) is 13.2 Å². The average molecular weight is 297 g/mol. The van der Waals surface area contributed by atoms with Gasteiger partial charge in [0.25, 0.3) is 5.91 Å². The maximum atomic E-state index is 12.5. The molecule has 1 fully saturated rings. The molecule has 2 heterocycles. The van der Waals surface area contributed by atoms with Crippen molar-refractivity contribution in [2.24, 2.45) is 0 Å². The number of carbonyl (C=O) groups is 1. The quantitative estimate of drug-likeness (QED) is 0.808. The second-order valence-electron chi connectivity index (χ2n) is 5.24. The van der Waals surface area contributed by atoms with Crippen molar-refractivity contribution >= 4 is 21.6 Å². The highest BCUT2D eigenvalue weighted by Crippen LogP contribution is 2.21. The van der Waals surface area contributed by atoms with Crippen LogP contribution in [0.2, 0.25) is 0 Å². The first kappa shape index (κ1) is 14.8. The van der Waals surface area contributed by atoms with Gasteiger partial charge in [-0.3, -0.25) is 4.79 Å². The fourth-order valence-electron chi connectivity index (χ4n) is 2.36. The highest BCUT2D eigenvalue weighted by atomic mass is 32.2. The van der Waals surface area contributed by atoms with Crippen LogP contribution in [0.15, 0.2) is 18.3 Å². The molecule has 0 aromatic carbocycles. The predicted octanol–water partition coefficient (Wildman–Crippen LogP) is 0.407. The van der Waals surface area contributed by atoms with Crippen LogP contribution in [-0.4, -0.2) is 62.9 Å². The lowest BCUT2D eigenvalue weighted by atomic mass is 10.1. The number of amides is 1. The van der Waals surface area contributed by atoms with Gasteiger partial charge in [-0.05, 0) is 18.6 Å². The van der Waals surface area contributed by atoms with E-state index in [-0.39, 0.29) is 23.5 Å². The van der Waals surface area contributed by atoms with Crippen LogP contribution in [-0.2, 0) is 9.84 Å². The van der Waals surface area contributed by atoms with Gasteiger partial charge in [-0.1, -0.05) is 0 Å². The second-order valence-corrected chi connectivity index (χ2v) is 7.47. The number of sulfone groups is 1. The fraction of sp³-hybridized carbons (Fsp3) is 0.538. The lowest BCUT2D eigenvalue weighted by Crippen LogP contribution is -2.38. The minimum atomic E-state index is -3.00. The Balaban J connectivity index is 2.24. The van der Waals surface area contributed by atoms with Crippen LogP contribution in [0.5, 0.6) is 0 Å². The molecule has 0 saturated carbocycles. The van der Waals surface area contributed by atoms with E-state index in [0.29, 0.717) is 17.8 Å². The molecule has 7 heteroatoms. The van der Waals surface area contributed by atoms with Crippen molar-refractivity contribution in [3.63, 3.8) is 0 Å². The third-order valence-electron chi connectivity index (χ3n) is 3.52. The molecule has 1 aliphatic heterocycles. The number of hydrogen-bond acceptors (Lipinski definition) is 5. The van der Waals surface area contributed by atoms with Crippen molar-refractivity contribution in [3.8, 4) is 0 Å². The summed E-state index contributed by atoms with van der Waals surface area (Å²) in [6.07, 6.45) is 2.13. The van der Waals surface area contributed by atoms with Gasteiger partial charge >= 0.3 is 0 Å². The minimum absolute atomic E-state index is 0.0484. The topological polar surface area (TPSA) is 70.6 Å². The highest BCUT2D eigenvalue weighted by Gasteiger charge is 2.33. The summed E-state index contributed by atoms with van der Waals surface area (Å²) in [6, 6.07) is 3.17. The number of nitrogens with zero attached hydrogens (tertiary/aromatic N) is 3. The SMILES string of the molecule is CN(C)c1ncccc1C(=O)N(C)C1CCS(=O)(=O)C1. The summed E-state index contributed by atoms with van der Waals surface area (Å²) in [4.78, 5) is 20.0. The molecule has 1 atom stereocenters. The summed E-state index contributed by atoms with van der Waals surface area (Å²) in [5.74, 6) is 0.601. The predicted molar refractivity (Wildman–Crippen MR) is 77.7 cm³/mol. The van der Waals surface area contributed by atoms with E-state index in [0.717, 1.165) is 0 Å². The van der Waals surface area contributed by atoms with Crippen LogP contribution in [0.1, 0.15) is 16.8 Å². The molecule has 1 saturated heterocycles. The van der Waals surface area contributed by atoms with E-state index >= 15 is 0 Å². The number of rotatable bonds is 3. The summed E-state index contributed by atoms with van der Waals surface area (Å²) in [5, 5.41) is 0. The van der Waals surface area contributed by atoms with Crippen LogP contribution < -0.4 is 4.90 Å². The number of aromatic nitrogens is 1. The van der Waals surface area contributed by atoms with Gasteiger partial charge in [0.2, 0.25) is 0 Å². The second kappa shape index (κ2) is 5.40. The zero-order chi connectivity index (χ0) is 14.9. The van der Waals surface area contributed by atoms with Crippen molar-refractivity contribution in [3.05, 3.63) is 23.9 Å². The van der Waals surface area contributed by atoms with Crippen molar-refractivity contribution < 1.29 is 13.2 Å². The zero-order valence-corrected chi connectivity index (χ0v) is 12.7. The van der Waals surface area contributed by atoms with E-state index in [4.69, 9.17) is 0 Å². The molecular formula is C13H19N3O3S. The first-order chi connectivity index (χ1) is 9.32. The maximum absolute atomic E-state index is 12.5. The summed E-state index contributed by atoms with van der Waals surface area (Å²) in [6.45, 7) is 0. The van der Waals surface area contributed by atoms with Gasteiger partial charge in [0.05, 0.1) is 17.1 Å². The first-order valence-corrected chi connectivity index (χ1v) is 8.24. The highest BCUT2D eigenvalue weighted by molar-refractivity contribution is 7.91. The van der Waals surface area contributed by atoms with Crippen LogP contribution in [0.3, 0.4) is 0 Å². The Hall–Kier alpha value is -1.63. The molecule has 0 spiro atoms. The molecular weight excluding hydrogens is 278 g/mol. The summed E-state index contributed by atoms with van der Waals surface area (Å²) < 4.78 is 23.0. The van der Waals surface area contributed by atoms with Gasteiger partial charge in [-0.25, -0.2) is 13.4 Å². The molecule has 0 radical (unpaired) electrons. The van der Waals surface area contributed by atoms with Gasteiger partial charge in [0.15, 0.2) is 9.84 Å². The molecule has 0 N–H and O–H groups in total. The Labute approximate surface area is 119 Å². The molecule has 20 heavy (non-hydrogen) atoms. The third-order valence-corrected chi connectivity index (χ3v) is 5.27. The molecule has 1 aromatic heterocycles. The molecule has 110 valence electrons. The summed E-state index contributed by atoms with van der Waals surface area (Å²) in [5.41, 5.74) is 0.490. The van der Waals surface area contributed by atoms with Crippen molar-refractivity contribution in [1.82, 2.24) is 9.88 Å². The zero-order valence-electron chi connectivity index (χ0n) is 11.9. The van der Waals surface area contributed by atoms with Gasteiger partial charge in [-0.15, -0.1) is 0 Å². The minimum Gasteiger partial charge on any atom is -0.362 e. The number of anilines is 1. The number of hydrogen-bond donors (Lipinski definition) is 0. The maximum Gasteiger partial charge on any atom is 0.257 e. The molecule has 1 amide bonds. The molecule has 2 rings (SSSR count). The molecule has 1 unspecified atom stereocenters. The summed E-state index contributed by atoms with van der Waals surface area (Å²) in [7, 11) is 2.29. The first-order valence-electron chi connectivity index (χ1n) is 6.42. The van der Waals surface area contributed by atoms with Crippen LogP contribution >= 0.6 is 0 Å². The Bertz CT molecular complexity index is 613. The van der Waals surface area contributed by atoms with Gasteiger partial charge in [0, 0.05) is 33.4 Å². The van der Waals surface area contributed by atoms with E-state index in [2.05, 4.69) is 4.98 Å². The van der Waals surface area contributed by atoms with Crippen LogP contribution in [0.4, 0.5) is 5.82 Å². The van der Waals surface area contributed by atoms with Crippen LogP contribution in [0.25, 0.3) is 0 Å². The normalized spacial score (nSPS) is 20.6. The van der Waals surface area contributed by atoms with E-state index < -0.39 is 9.84 Å². The van der Waals surface area contributed by atoms with E-state index in [1.807, 2.05) is 14.1 Å². The Morgan fingerprint density at radius 3 is 2.60 bits per heavy atom. The van der Waals surface area contributed by atoms with E-state index in [1.54, 1.807) is 30.3 Å². The average Bonchev–Trinajstić information content (AvgIpc) is 2.77. The lowest BCUT2D eigenvalue weighted by molar-refractivity contribution is 0.0748. The van der Waals surface area contributed by atoms with Crippen LogP contribution in [0, 0.1) is 0 Å². The van der Waals surface area contributed by atoms with Gasteiger partial charge in [0.1, 0.15) is 5.82 Å². The molecule has 0 bridgehead atoms. The molecule has 1 aromatic rings. The standard InChI is InChI=1S/C13H19N3O3S/c1-15(2)12-11(5-4-7-14-12)13(17)16(3)10-6-8-20(18,19)9-10/h4-5,7,10H,6,8-9H2,1-3H3. The van der Waals surface area contributed by atoms with Gasteiger partial charge in [-0.2, -0.15) is 0 Å². The Morgan fingerprint density at radius 1 is 1.35 bits per heavy atom. The van der Waals surface area contributed by atoms with Crippen molar-refractivity contribution in [2.45, 2.75) is 12.5 Å². The van der Waals surface area contributed by atoms with E-state index in [1.165, 1.54) is 4.90 Å². The Kier molecular flexibility index (Phi) is 3.99. The molecule has 1 aliphatic rings. The van der Waals surface area contributed by atoms with Crippen molar-refractivity contribution in [1.29, 1.82) is 0 Å². The lowest BCUT2D eigenvalue weighted by Gasteiger charge is -2.25. The third kappa shape index (κ3) is 2.92. The van der Waals surface area contributed by atoms with Crippen molar-refractivity contribution in [2.75, 3.05) is 37.5 Å². The largest absolute Gasteiger partial charge is 0.362 e. The molecule has 0 aliphatic carbocycles. The molecule has 6 nitrogen and oxygen atoms in total. The number of pyridine rings is 1. The summed E-state index contributed by atoms with van der Waals surface area (Å²) >= 11 is 0. The smallest absolute Gasteiger partial charge is 0.257 e. The monoisotopic (exact) mass is 297 g/mol. The fourth-order valence-corrected chi connectivity index (χ4v) is 4.13. The van der Waals surface area contributed by atoms with Gasteiger partial charge < -0.3 is 9.80 Å².